The lowest BCUT2D eigenvalue weighted by Gasteiger charge is -2.09. The van der Waals surface area contributed by atoms with Crippen LogP contribution >= 0.6 is 39.7 Å². The minimum atomic E-state index is -0.411. The maximum absolute atomic E-state index is 11.7. The number of nitrogens with one attached hydrogen (secondary N) is 2. The van der Waals surface area contributed by atoms with E-state index in [1.807, 2.05) is 0 Å². The molecular weight excluding hydrogens is 352 g/mol. The molecule has 7 heteroatoms. The fourth-order valence-electron chi connectivity index (χ4n) is 1.31. The Morgan fingerprint density at radius 1 is 1.37 bits per heavy atom. The molecule has 1 heterocycles. The van der Waals surface area contributed by atoms with Crippen molar-refractivity contribution in [3.05, 3.63) is 51.9 Å². The molecule has 4 nitrogen and oxygen atoms in total. The van der Waals surface area contributed by atoms with E-state index in [4.69, 9.17) is 28.2 Å². The zero-order valence-electron chi connectivity index (χ0n) is 9.44. The van der Waals surface area contributed by atoms with Gasteiger partial charge in [-0.2, -0.15) is 0 Å². The van der Waals surface area contributed by atoms with E-state index in [1.165, 1.54) is 6.26 Å². The molecule has 0 unspecified atom stereocenters. The Balaban J connectivity index is 1.98. The monoisotopic (exact) mass is 358 g/mol. The molecule has 0 saturated carbocycles. The van der Waals surface area contributed by atoms with Crippen LogP contribution in [0.5, 0.6) is 0 Å². The second kappa shape index (κ2) is 6.18. The Bertz CT molecular complexity index is 616. The van der Waals surface area contributed by atoms with E-state index in [1.54, 1.807) is 30.3 Å². The highest BCUT2D eigenvalue weighted by molar-refractivity contribution is 9.10. The van der Waals surface area contributed by atoms with Crippen molar-refractivity contribution in [2.24, 2.45) is 0 Å². The highest BCUT2D eigenvalue weighted by Gasteiger charge is 2.10. The fraction of sp³-hybridized carbons (Fsp3) is 0. The lowest BCUT2D eigenvalue weighted by Crippen LogP contribution is -2.33. The normalized spacial score (nSPS) is 10.0. The maximum atomic E-state index is 11.7. The molecule has 0 aliphatic carbocycles. The first-order valence-electron chi connectivity index (χ1n) is 5.17. The summed E-state index contributed by atoms with van der Waals surface area (Å²) >= 11 is 14.3. The van der Waals surface area contributed by atoms with Crippen LogP contribution in [-0.2, 0) is 0 Å². The van der Waals surface area contributed by atoms with Gasteiger partial charge >= 0.3 is 0 Å². The van der Waals surface area contributed by atoms with Crippen molar-refractivity contribution in [2.45, 2.75) is 0 Å². The summed E-state index contributed by atoms with van der Waals surface area (Å²) in [4.78, 5) is 11.7. The molecule has 0 aliphatic heterocycles. The van der Waals surface area contributed by atoms with E-state index in [0.717, 1.165) is 4.47 Å². The second-order valence-electron chi connectivity index (χ2n) is 3.51. The van der Waals surface area contributed by atoms with Crippen LogP contribution in [0.1, 0.15) is 10.6 Å². The van der Waals surface area contributed by atoms with Crippen molar-refractivity contribution in [3.8, 4) is 0 Å². The molecule has 0 fully saturated rings. The third-order valence-corrected chi connectivity index (χ3v) is 3.59. The van der Waals surface area contributed by atoms with Gasteiger partial charge in [0.1, 0.15) is 0 Å². The van der Waals surface area contributed by atoms with Gasteiger partial charge in [0.15, 0.2) is 10.9 Å². The molecule has 0 bridgehead atoms. The SMILES string of the molecule is O=C(NC(=S)Nc1ccc(Br)c(Cl)c1)c1ccco1. The topological polar surface area (TPSA) is 54.3 Å². The molecule has 2 rings (SSSR count). The molecule has 98 valence electrons. The Kier molecular flexibility index (Phi) is 4.57. The van der Waals surface area contributed by atoms with Gasteiger partial charge in [0.05, 0.1) is 11.3 Å². The standard InChI is InChI=1S/C12H8BrClN2O2S/c13-8-4-3-7(6-9(8)14)15-12(19)16-11(17)10-2-1-5-18-10/h1-6H,(H2,15,16,17,19). The zero-order valence-corrected chi connectivity index (χ0v) is 12.6. The predicted octanol–water partition coefficient (Wildman–Crippen LogP) is 3.82. The van der Waals surface area contributed by atoms with Gasteiger partial charge in [0.25, 0.3) is 5.91 Å². The van der Waals surface area contributed by atoms with E-state index < -0.39 is 5.91 Å². The van der Waals surface area contributed by atoms with Gasteiger partial charge in [-0.15, -0.1) is 0 Å². The van der Waals surface area contributed by atoms with Gasteiger partial charge in [-0.3, -0.25) is 10.1 Å². The van der Waals surface area contributed by atoms with Crippen LogP contribution in [0.4, 0.5) is 5.69 Å². The Hall–Kier alpha value is -1.37. The molecule has 1 amide bonds. The number of furan rings is 1. The smallest absolute Gasteiger partial charge is 0.293 e. The van der Waals surface area contributed by atoms with Crippen molar-refractivity contribution >= 4 is 56.5 Å². The van der Waals surface area contributed by atoms with Crippen LogP contribution in [-0.4, -0.2) is 11.0 Å². The van der Waals surface area contributed by atoms with Crippen LogP contribution in [0.15, 0.2) is 45.5 Å². The van der Waals surface area contributed by atoms with Gasteiger partial charge in [-0.1, -0.05) is 11.6 Å². The van der Waals surface area contributed by atoms with Crippen LogP contribution in [0.3, 0.4) is 0 Å². The highest BCUT2D eigenvalue weighted by Crippen LogP contribution is 2.25. The molecule has 0 saturated heterocycles. The summed E-state index contributed by atoms with van der Waals surface area (Å²) in [5.74, 6) is -0.219. The second-order valence-corrected chi connectivity index (χ2v) is 5.18. The quantitative estimate of drug-likeness (QED) is 0.800. The van der Waals surface area contributed by atoms with Crippen molar-refractivity contribution in [2.75, 3.05) is 5.32 Å². The third-order valence-electron chi connectivity index (χ3n) is 2.15. The Morgan fingerprint density at radius 2 is 2.16 bits per heavy atom. The number of hydrogen-bond donors (Lipinski definition) is 2. The lowest BCUT2D eigenvalue weighted by molar-refractivity contribution is 0.0950. The third kappa shape index (κ3) is 3.79. The van der Waals surface area contributed by atoms with E-state index in [2.05, 4.69) is 26.6 Å². The summed E-state index contributed by atoms with van der Waals surface area (Å²) in [6.07, 6.45) is 1.42. The van der Waals surface area contributed by atoms with Gasteiger partial charge in [0, 0.05) is 10.2 Å². The number of halogens is 2. The first kappa shape index (κ1) is 14.0. The Morgan fingerprint density at radius 3 is 2.79 bits per heavy atom. The average molecular weight is 360 g/mol. The predicted molar refractivity (Wildman–Crippen MR) is 81.5 cm³/mol. The van der Waals surface area contributed by atoms with Crippen LogP contribution < -0.4 is 10.6 Å². The average Bonchev–Trinajstić information content (AvgIpc) is 2.87. The summed E-state index contributed by atoms with van der Waals surface area (Å²) in [5, 5.41) is 6.07. The van der Waals surface area contributed by atoms with Crippen molar-refractivity contribution < 1.29 is 9.21 Å². The molecular formula is C12H8BrClN2O2S. The molecule has 1 aromatic carbocycles. The summed E-state index contributed by atoms with van der Waals surface area (Å²) in [6, 6.07) is 8.42. The van der Waals surface area contributed by atoms with Crippen LogP contribution in [0.2, 0.25) is 5.02 Å². The molecule has 2 N–H and O–H groups in total. The highest BCUT2D eigenvalue weighted by atomic mass is 79.9. The summed E-state index contributed by atoms with van der Waals surface area (Å²) in [7, 11) is 0. The lowest BCUT2D eigenvalue weighted by atomic mass is 10.3. The zero-order chi connectivity index (χ0) is 13.8. The molecule has 0 spiro atoms. The number of amides is 1. The van der Waals surface area contributed by atoms with E-state index in [-0.39, 0.29) is 10.9 Å². The number of anilines is 1. The van der Waals surface area contributed by atoms with Crippen LogP contribution in [0, 0.1) is 0 Å². The Labute approximate surface area is 128 Å². The largest absolute Gasteiger partial charge is 0.459 e. The molecule has 0 atom stereocenters. The number of hydrogen-bond acceptors (Lipinski definition) is 3. The summed E-state index contributed by atoms with van der Waals surface area (Å²) < 4.78 is 5.74. The minimum Gasteiger partial charge on any atom is -0.459 e. The maximum Gasteiger partial charge on any atom is 0.293 e. The molecule has 0 aliphatic rings. The van der Waals surface area contributed by atoms with Gasteiger partial charge < -0.3 is 9.73 Å². The van der Waals surface area contributed by atoms with Crippen molar-refractivity contribution in [1.82, 2.24) is 5.32 Å². The van der Waals surface area contributed by atoms with Gasteiger partial charge in [0.2, 0.25) is 0 Å². The summed E-state index contributed by atoms with van der Waals surface area (Å²) in [5.41, 5.74) is 0.679. The van der Waals surface area contributed by atoms with E-state index in [9.17, 15) is 4.79 Å². The van der Waals surface area contributed by atoms with Crippen molar-refractivity contribution in [1.29, 1.82) is 0 Å². The van der Waals surface area contributed by atoms with Crippen molar-refractivity contribution in [3.63, 3.8) is 0 Å². The molecule has 1 aromatic heterocycles. The van der Waals surface area contributed by atoms with Crippen LogP contribution in [0.25, 0.3) is 0 Å². The molecule has 2 aromatic rings. The number of rotatable bonds is 2. The number of thiocarbonyl (C=S) groups is 1. The van der Waals surface area contributed by atoms with Gasteiger partial charge in [-0.05, 0) is 58.5 Å². The number of carbonyl (C=O) groups is 1. The molecule has 0 radical (unpaired) electrons. The first-order chi connectivity index (χ1) is 9.06. The van der Waals surface area contributed by atoms with Gasteiger partial charge in [-0.25, -0.2) is 0 Å². The number of benzene rings is 1. The molecule has 19 heavy (non-hydrogen) atoms. The minimum absolute atomic E-state index is 0.166. The first-order valence-corrected chi connectivity index (χ1v) is 6.75. The van der Waals surface area contributed by atoms with E-state index >= 15 is 0 Å². The number of carbonyl (C=O) groups excluding carboxylic acids is 1. The van der Waals surface area contributed by atoms with E-state index in [0.29, 0.717) is 10.7 Å². The fourth-order valence-corrected chi connectivity index (χ4v) is 1.95. The summed E-state index contributed by atoms with van der Waals surface area (Å²) in [6.45, 7) is 0.